The van der Waals surface area contributed by atoms with E-state index in [9.17, 15) is 5.11 Å². The molecule has 0 amide bonds. The van der Waals surface area contributed by atoms with Crippen molar-refractivity contribution in [3.05, 3.63) is 41.7 Å². The zero-order valence-electron chi connectivity index (χ0n) is 9.49. The first-order chi connectivity index (χ1) is 9.24. The summed E-state index contributed by atoms with van der Waals surface area (Å²) in [6.45, 7) is 0. The fourth-order valence-electron chi connectivity index (χ4n) is 1.49. The third-order valence-corrected chi connectivity index (χ3v) is 2.60. The van der Waals surface area contributed by atoms with Gasteiger partial charge in [-0.25, -0.2) is 4.98 Å². The van der Waals surface area contributed by atoms with Crippen LogP contribution in [-0.4, -0.2) is 25.2 Å². The molecule has 0 unspecified atom stereocenters. The molecule has 19 heavy (non-hydrogen) atoms. The minimum atomic E-state index is -0.0261. The van der Waals surface area contributed by atoms with Crippen LogP contribution in [-0.2, 0) is 0 Å². The summed E-state index contributed by atoms with van der Waals surface area (Å²) in [7, 11) is 0. The standard InChI is InChI=1S/C12H7ClN4O2/c13-7-3-4-8(15-6-7)11-16-12(19-17-11)10-9(18)2-1-5-14-10/h1-6,18H. The molecule has 0 atom stereocenters. The van der Waals surface area contributed by atoms with Crippen molar-refractivity contribution in [2.75, 3.05) is 0 Å². The van der Waals surface area contributed by atoms with E-state index in [2.05, 4.69) is 20.1 Å². The van der Waals surface area contributed by atoms with Gasteiger partial charge >= 0.3 is 0 Å². The summed E-state index contributed by atoms with van der Waals surface area (Å²) in [6.07, 6.45) is 3.02. The molecule has 0 aliphatic carbocycles. The van der Waals surface area contributed by atoms with Gasteiger partial charge in [-0.05, 0) is 24.3 Å². The Labute approximate surface area is 112 Å². The Morgan fingerprint density at radius 1 is 1.16 bits per heavy atom. The second-order valence-electron chi connectivity index (χ2n) is 3.66. The number of aromatic hydroxyl groups is 1. The van der Waals surface area contributed by atoms with Gasteiger partial charge in [-0.2, -0.15) is 4.98 Å². The first-order valence-corrected chi connectivity index (χ1v) is 5.72. The van der Waals surface area contributed by atoms with Crippen LogP contribution in [0.1, 0.15) is 0 Å². The van der Waals surface area contributed by atoms with E-state index in [0.29, 0.717) is 16.5 Å². The maximum Gasteiger partial charge on any atom is 0.280 e. The Morgan fingerprint density at radius 3 is 2.79 bits per heavy atom. The van der Waals surface area contributed by atoms with Crippen LogP contribution >= 0.6 is 11.6 Å². The average Bonchev–Trinajstić information content (AvgIpc) is 2.89. The maximum atomic E-state index is 9.66. The fourth-order valence-corrected chi connectivity index (χ4v) is 1.61. The molecule has 0 aliphatic rings. The molecule has 0 saturated carbocycles. The van der Waals surface area contributed by atoms with Gasteiger partial charge in [0.25, 0.3) is 5.89 Å². The highest BCUT2D eigenvalue weighted by Crippen LogP contribution is 2.26. The minimum absolute atomic E-state index is 0.0261. The monoisotopic (exact) mass is 274 g/mol. The minimum Gasteiger partial charge on any atom is -0.505 e. The quantitative estimate of drug-likeness (QED) is 0.773. The molecule has 0 saturated heterocycles. The van der Waals surface area contributed by atoms with Gasteiger partial charge in [0.1, 0.15) is 11.4 Å². The molecule has 6 nitrogen and oxygen atoms in total. The first kappa shape index (κ1) is 11.6. The summed E-state index contributed by atoms with van der Waals surface area (Å²) in [5.41, 5.74) is 0.755. The molecular formula is C12H7ClN4O2. The molecule has 3 aromatic rings. The summed E-state index contributed by atoms with van der Waals surface area (Å²) in [4.78, 5) is 12.2. The smallest absolute Gasteiger partial charge is 0.280 e. The molecule has 0 spiro atoms. The molecule has 0 aromatic carbocycles. The van der Waals surface area contributed by atoms with Crippen molar-refractivity contribution in [1.82, 2.24) is 20.1 Å². The van der Waals surface area contributed by atoms with Gasteiger partial charge in [0, 0.05) is 12.4 Å². The fraction of sp³-hybridized carbons (Fsp3) is 0. The molecule has 3 rings (SSSR count). The molecule has 0 bridgehead atoms. The molecule has 3 heterocycles. The van der Waals surface area contributed by atoms with Crippen LogP contribution in [0, 0.1) is 0 Å². The van der Waals surface area contributed by atoms with Crippen molar-refractivity contribution in [2.45, 2.75) is 0 Å². The van der Waals surface area contributed by atoms with E-state index in [1.807, 2.05) is 0 Å². The highest BCUT2D eigenvalue weighted by molar-refractivity contribution is 6.30. The van der Waals surface area contributed by atoms with E-state index in [-0.39, 0.29) is 17.3 Å². The third kappa shape index (κ3) is 2.25. The van der Waals surface area contributed by atoms with Crippen LogP contribution in [0.15, 0.2) is 41.2 Å². The van der Waals surface area contributed by atoms with Crippen LogP contribution < -0.4 is 0 Å². The van der Waals surface area contributed by atoms with E-state index in [1.165, 1.54) is 18.5 Å². The van der Waals surface area contributed by atoms with Gasteiger partial charge in [-0.15, -0.1) is 0 Å². The molecule has 0 radical (unpaired) electrons. The normalized spacial score (nSPS) is 10.6. The summed E-state index contributed by atoms with van der Waals surface area (Å²) < 4.78 is 5.06. The number of hydrogen-bond donors (Lipinski definition) is 1. The zero-order chi connectivity index (χ0) is 13.2. The number of nitrogens with zero attached hydrogens (tertiary/aromatic N) is 4. The zero-order valence-corrected chi connectivity index (χ0v) is 10.2. The number of halogens is 1. The summed E-state index contributed by atoms with van der Waals surface area (Å²) >= 11 is 5.75. The lowest BCUT2D eigenvalue weighted by atomic mass is 10.3. The molecule has 3 aromatic heterocycles. The van der Waals surface area contributed by atoms with Gasteiger partial charge in [-0.1, -0.05) is 16.8 Å². The molecular weight excluding hydrogens is 268 g/mol. The lowest BCUT2D eigenvalue weighted by Gasteiger charge is -1.95. The number of hydrogen-bond acceptors (Lipinski definition) is 6. The molecule has 7 heteroatoms. The first-order valence-electron chi connectivity index (χ1n) is 5.34. The Kier molecular flexibility index (Phi) is 2.85. The van der Waals surface area contributed by atoms with Crippen molar-refractivity contribution in [2.24, 2.45) is 0 Å². The van der Waals surface area contributed by atoms with Crippen LogP contribution in [0.5, 0.6) is 5.75 Å². The number of pyridine rings is 2. The lowest BCUT2D eigenvalue weighted by molar-refractivity contribution is 0.423. The van der Waals surface area contributed by atoms with Gasteiger partial charge in [0.15, 0.2) is 5.69 Å². The third-order valence-electron chi connectivity index (χ3n) is 2.37. The average molecular weight is 275 g/mol. The van der Waals surface area contributed by atoms with Crippen molar-refractivity contribution in [1.29, 1.82) is 0 Å². The maximum absolute atomic E-state index is 9.66. The van der Waals surface area contributed by atoms with Gasteiger partial charge in [-0.3, -0.25) is 4.98 Å². The van der Waals surface area contributed by atoms with Gasteiger partial charge in [0.2, 0.25) is 5.82 Å². The van der Waals surface area contributed by atoms with Crippen LogP contribution in [0.2, 0.25) is 5.02 Å². The Morgan fingerprint density at radius 2 is 2.05 bits per heavy atom. The highest BCUT2D eigenvalue weighted by Gasteiger charge is 2.15. The lowest BCUT2D eigenvalue weighted by Crippen LogP contribution is -1.86. The van der Waals surface area contributed by atoms with E-state index in [0.717, 1.165) is 0 Å². The Bertz CT molecular complexity index is 712. The molecule has 1 N–H and O–H groups in total. The van der Waals surface area contributed by atoms with Gasteiger partial charge in [0.05, 0.1) is 5.02 Å². The highest BCUT2D eigenvalue weighted by atomic mass is 35.5. The second-order valence-corrected chi connectivity index (χ2v) is 4.09. The van der Waals surface area contributed by atoms with Crippen LogP contribution in [0.25, 0.3) is 23.1 Å². The molecule has 0 aliphatic heterocycles. The van der Waals surface area contributed by atoms with Crippen molar-refractivity contribution in [3.8, 4) is 28.9 Å². The Hall–Kier alpha value is -2.47. The Balaban J connectivity index is 2.00. The van der Waals surface area contributed by atoms with Crippen molar-refractivity contribution in [3.63, 3.8) is 0 Å². The number of aromatic nitrogens is 4. The molecule has 94 valence electrons. The van der Waals surface area contributed by atoms with E-state index in [1.54, 1.807) is 18.2 Å². The predicted molar refractivity (Wildman–Crippen MR) is 67.4 cm³/mol. The largest absolute Gasteiger partial charge is 0.505 e. The SMILES string of the molecule is Oc1cccnc1-c1nc(-c2ccc(Cl)cn2)no1. The number of rotatable bonds is 2. The van der Waals surface area contributed by atoms with E-state index >= 15 is 0 Å². The second kappa shape index (κ2) is 4.66. The predicted octanol–water partition coefficient (Wildman–Crippen LogP) is 2.55. The van der Waals surface area contributed by atoms with Crippen molar-refractivity contribution >= 4 is 11.6 Å². The van der Waals surface area contributed by atoms with E-state index in [4.69, 9.17) is 16.1 Å². The summed E-state index contributed by atoms with van der Waals surface area (Å²) in [5, 5.41) is 14.0. The van der Waals surface area contributed by atoms with E-state index < -0.39 is 0 Å². The van der Waals surface area contributed by atoms with Crippen LogP contribution in [0.4, 0.5) is 0 Å². The van der Waals surface area contributed by atoms with Crippen LogP contribution in [0.3, 0.4) is 0 Å². The van der Waals surface area contributed by atoms with Crippen molar-refractivity contribution < 1.29 is 9.63 Å². The van der Waals surface area contributed by atoms with Gasteiger partial charge < -0.3 is 9.63 Å². The molecule has 0 fully saturated rings. The summed E-state index contributed by atoms with van der Waals surface area (Å²) in [5.74, 6) is 0.406. The summed E-state index contributed by atoms with van der Waals surface area (Å²) in [6, 6.07) is 6.46. The topological polar surface area (TPSA) is 84.9 Å².